The maximum Gasteiger partial charge on any atom is 0.317 e. The van der Waals surface area contributed by atoms with Crippen molar-refractivity contribution < 1.29 is 23.8 Å². The molecule has 1 aromatic rings. The lowest BCUT2D eigenvalue weighted by atomic mass is 10.0. The van der Waals surface area contributed by atoms with Crippen molar-refractivity contribution in [3.05, 3.63) is 23.8 Å². The van der Waals surface area contributed by atoms with Crippen LogP contribution >= 0.6 is 0 Å². The van der Waals surface area contributed by atoms with Gasteiger partial charge in [-0.1, -0.05) is 0 Å². The number of carbonyl (C=O) groups is 2. The summed E-state index contributed by atoms with van der Waals surface area (Å²) in [7, 11) is 5.09. The molecule has 3 amide bonds. The van der Waals surface area contributed by atoms with E-state index in [0.717, 1.165) is 32.4 Å². The molecule has 2 fully saturated rings. The Kier molecular flexibility index (Phi) is 9.41. The van der Waals surface area contributed by atoms with Crippen LogP contribution in [0.3, 0.4) is 0 Å². The summed E-state index contributed by atoms with van der Waals surface area (Å²) in [6, 6.07) is 5.62. The Balaban J connectivity index is 1.70. The number of nitrogens with one attached hydrogen (secondary N) is 2. The molecule has 3 rings (SSSR count). The van der Waals surface area contributed by atoms with Crippen molar-refractivity contribution in [2.24, 2.45) is 5.92 Å². The van der Waals surface area contributed by atoms with Crippen LogP contribution in [0.1, 0.15) is 43.5 Å². The average Bonchev–Trinajstić information content (AvgIpc) is 3.52. The van der Waals surface area contributed by atoms with Crippen LogP contribution in [0.4, 0.5) is 4.79 Å². The van der Waals surface area contributed by atoms with Crippen molar-refractivity contribution in [3.63, 3.8) is 0 Å². The minimum absolute atomic E-state index is 0.00696. The summed E-state index contributed by atoms with van der Waals surface area (Å²) in [5, 5.41) is 6.46. The van der Waals surface area contributed by atoms with Crippen molar-refractivity contribution >= 4 is 11.9 Å². The molecule has 190 valence electrons. The minimum Gasteiger partial charge on any atom is -0.493 e. The Hall–Kier alpha value is -2.52. The second kappa shape index (κ2) is 12.3. The lowest BCUT2D eigenvalue weighted by Crippen LogP contribution is -2.51. The Morgan fingerprint density at radius 3 is 2.56 bits per heavy atom. The lowest BCUT2D eigenvalue weighted by molar-refractivity contribution is 0.0652. The second-order valence-electron chi connectivity index (χ2n) is 9.43. The number of rotatable bonds is 12. The van der Waals surface area contributed by atoms with Gasteiger partial charge in [-0.2, -0.15) is 0 Å². The van der Waals surface area contributed by atoms with Crippen molar-refractivity contribution in [3.8, 4) is 11.5 Å². The van der Waals surface area contributed by atoms with Crippen molar-refractivity contribution in [1.29, 1.82) is 0 Å². The number of ether oxygens (including phenoxy) is 3. The molecule has 1 saturated heterocycles. The molecule has 2 N–H and O–H groups in total. The van der Waals surface area contributed by atoms with Gasteiger partial charge in [-0.3, -0.25) is 4.79 Å². The number of methoxy groups -OCH3 is 2. The normalized spacial score (nSPS) is 19.7. The fourth-order valence-electron chi connectivity index (χ4n) is 4.27. The Bertz CT molecular complexity index is 830. The summed E-state index contributed by atoms with van der Waals surface area (Å²) in [6.07, 6.45) is 2.86. The standard InChI is InChI=1S/C25H40N4O5/c1-17(2)29(16-19-14-26-15-21(19)28(3)25(31)27-20-8-9-20)24(30)18-7-10-22(33-5)23(13-18)34-12-6-11-32-4/h7,10,13,17,19-21,26H,6,8-9,11-12,14-16H2,1-5H3,(H,27,31)/t19-,21-/m0/s1. The number of urea groups is 1. The van der Waals surface area contributed by atoms with E-state index in [4.69, 9.17) is 14.2 Å². The average molecular weight is 477 g/mol. The molecule has 0 spiro atoms. The Morgan fingerprint density at radius 1 is 1.15 bits per heavy atom. The number of hydrogen-bond acceptors (Lipinski definition) is 6. The van der Waals surface area contributed by atoms with Crippen LogP contribution in [0.25, 0.3) is 0 Å². The van der Waals surface area contributed by atoms with E-state index in [-0.39, 0.29) is 29.9 Å². The van der Waals surface area contributed by atoms with Crippen molar-refractivity contribution in [1.82, 2.24) is 20.4 Å². The quantitative estimate of drug-likeness (QED) is 0.450. The molecule has 1 aliphatic heterocycles. The van der Waals surface area contributed by atoms with Crippen LogP contribution in [0.15, 0.2) is 18.2 Å². The van der Waals surface area contributed by atoms with Crippen LogP contribution in [0.5, 0.6) is 11.5 Å². The number of hydrogen-bond donors (Lipinski definition) is 2. The van der Waals surface area contributed by atoms with Gasteiger partial charge in [-0.25, -0.2) is 4.79 Å². The highest BCUT2D eigenvalue weighted by atomic mass is 16.5. The van der Waals surface area contributed by atoms with E-state index in [0.29, 0.717) is 42.9 Å². The highest BCUT2D eigenvalue weighted by Crippen LogP contribution is 2.29. The van der Waals surface area contributed by atoms with Crippen molar-refractivity contribution in [2.75, 3.05) is 54.1 Å². The predicted molar refractivity (Wildman–Crippen MR) is 131 cm³/mol. The molecule has 34 heavy (non-hydrogen) atoms. The second-order valence-corrected chi connectivity index (χ2v) is 9.43. The third kappa shape index (κ3) is 6.76. The molecule has 9 nitrogen and oxygen atoms in total. The van der Waals surface area contributed by atoms with Gasteiger partial charge < -0.3 is 34.6 Å². The van der Waals surface area contributed by atoms with Crippen LogP contribution < -0.4 is 20.1 Å². The first-order valence-electron chi connectivity index (χ1n) is 12.2. The highest BCUT2D eigenvalue weighted by Gasteiger charge is 2.36. The Labute approximate surface area is 203 Å². The number of likely N-dealkylation sites (N-methyl/N-ethyl adjacent to an activating group) is 1. The van der Waals surface area contributed by atoms with Gasteiger partial charge >= 0.3 is 6.03 Å². The zero-order chi connectivity index (χ0) is 24.7. The zero-order valence-corrected chi connectivity index (χ0v) is 21.1. The number of nitrogens with zero attached hydrogens (tertiary/aromatic N) is 2. The van der Waals surface area contributed by atoms with E-state index in [1.165, 1.54) is 0 Å². The number of benzene rings is 1. The zero-order valence-electron chi connectivity index (χ0n) is 21.1. The molecule has 2 atom stereocenters. The monoisotopic (exact) mass is 476 g/mol. The molecule has 0 radical (unpaired) electrons. The Morgan fingerprint density at radius 2 is 1.91 bits per heavy atom. The van der Waals surface area contributed by atoms with Gasteiger partial charge in [0.1, 0.15) is 0 Å². The maximum absolute atomic E-state index is 13.6. The predicted octanol–water partition coefficient (Wildman–Crippen LogP) is 2.35. The van der Waals surface area contributed by atoms with Crippen LogP contribution in [-0.2, 0) is 4.74 Å². The van der Waals surface area contributed by atoms with Gasteiger partial charge in [0, 0.05) is 70.4 Å². The van der Waals surface area contributed by atoms with E-state index in [1.54, 1.807) is 37.3 Å². The van der Waals surface area contributed by atoms with E-state index < -0.39 is 0 Å². The molecule has 0 aromatic heterocycles. The highest BCUT2D eigenvalue weighted by molar-refractivity contribution is 5.95. The maximum atomic E-state index is 13.6. The smallest absolute Gasteiger partial charge is 0.317 e. The molecule has 0 bridgehead atoms. The van der Waals surface area contributed by atoms with Crippen LogP contribution in [0.2, 0.25) is 0 Å². The lowest BCUT2D eigenvalue weighted by Gasteiger charge is -2.34. The number of carbonyl (C=O) groups excluding carboxylic acids is 2. The molecule has 1 aromatic carbocycles. The molecule has 2 aliphatic rings. The molecule has 9 heteroatoms. The number of amides is 3. The first kappa shape index (κ1) is 26.1. The van der Waals surface area contributed by atoms with E-state index >= 15 is 0 Å². The summed E-state index contributed by atoms with van der Waals surface area (Å²) >= 11 is 0. The summed E-state index contributed by atoms with van der Waals surface area (Å²) in [5.74, 6) is 1.22. The van der Waals surface area contributed by atoms with Gasteiger partial charge in [-0.15, -0.1) is 0 Å². The van der Waals surface area contributed by atoms with Crippen molar-refractivity contribution in [2.45, 2.75) is 51.2 Å². The minimum atomic E-state index is -0.0601. The molecule has 1 aliphatic carbocycles. The molecule has 0 unspecified atom stereocenters. The first-order chi connectivity index (χ1) is 16.3. The molecular formula is C25H40N4O5. The van der Waals surface area contributed by atoms with Gasteiger partial charge in [-0.05, 0) is 44.9 Å². The molecular weight excluding hydrogens is 436 g/mol. The summed E-state index contributed by atoms with van der Waals surface area (Å²) in [4.78, 5) is 29.8. The molecule has 1 heterocycles. The molecule has 1 saturated carbocycles. The summed E-state index contributed by atoms with van der Waals surface area (Å²) in [5.41, 5.74) is 0.554. The first-order valence-corrected chi connectivity index (χ1v) is 12.2. The topological polar surface area (TPSA) is 92.4 Å². The fraction of sp³-hybridized carbons (Fsp3) is 0.680. The van der Waals surface area contributed by atoms with Crippen LogP contribution in [0, 0.1) is 5.92 Å². The van der Waals surface area contributed by atoms with Gasteiger partial charge in [0.25, 0.3) is 5.91 Å². The summed E-state index contributed by atoms with van der Waals surface area (Å²) < 4.78 is 16.4. The van der Waals surface area contributed by atoms with E-state index in [1.807, 2.05) is 25.8 Å². The van der Waals surface area contributed by atoms with Gasteiger partial charge in [0.15, 0.2) is 11.5 Å². The SMILES string of the molecule is COCCCOc1cc(C(=O)N(C[C@@H]2CNC[C@@H]2N(C)C(=O)NC2CC2)C(C)C)ccc1OC. The van der Waals surface area contributed by atoms with Gasteiger partial charge in [0.2, 0.25) is 0 Å². The largest absolute Gasteiger partial charge is 0.493 e. The third-order valence-corrected chi connectivity index (χ3v) is 6.50. The van der Waals surface area contributed by atoms with Crippen LogP contribution in [-0.4, -0.2) is 94.0 Å². The van der Waals surface area contributed by atoms with Gasteiger partial charge in [0.05, 0.1) is 19.8 Å². The van der Waals surface area contributed by atoms with E-state index in [9.17, 15) is 9.59 Å². The van der Waals surface area contributed by atoms with E-state index in [2.05, 4.69) is 10.6 Å². The summed E-state index contributed by atoms with van der Waals surface area (Å²) in [6.45, 7) is 7.16. The third-order valence-electron chi connectivity index (χ3n) is 6.50. The fourth-order valence-corrected chi connectivity index (χ4v) is 4.27.